The molecule has 2 atom stereocenters. The standard InChI is InChI=1S/C17H25NO2/c1-13(11-16(19)15-9-3-2-4-10-15)18-17(20)12-14-7-5-6-8-14/h2-4,9-10,13-14,16,19H,5-8,11-12H2,1H3,(H,18,20). The van der Waals surface area contributed by atoms with Gasteiger partial charge in [-0.15, -0.1) is 0 Å². The van der Waals surface area contributed by atoms with Gasteiger partial charge in [0.2, 0.25) is 5.91 Å². The molecule has 1 aliphatic rings. The molecular weight excluding hydrogens is 250 g/mol. The Morgan fingerprint density at radius 3 is 2.60 bits per heavy atom. The molecule has 110 valence electrons. The molecule has 1 aromatic carbocycles. The molecule has 0 saturated heterocycles. The second-order valence-corrected chi connectivity index (χ2v) is 5.99. The average molecular weight is 275 g/mol. The Morgan fingerprint density at radius 1 is 1.30 bits per heavy atom. The van der Waals surface area contributed by atoms with Crippen molar-refractivity contribution < 1.29 is 9.90 Å². The number of rotatable bonds is 6. The lowest BCUT2D eigenvalue weighted by Crippen LogP contribution is -2.34. The molecular formula is C17H25NO2. The smallest absolute Gasteiger partial charge is 0.220 e. The summed E-state index contributed by atoms with van der Waals surface area (Å²) >= 11 is 0. The molecule has 20 heavy (non-hydrogen) atoms. The van der Waals surface area contributed by atoms with Crippen molar-refractivity contribution in [1.29, 1.82) is 0 Å². The highest BCUT2D eigenvalue weighted by Gasteiger charge is 2.20. The Morgan fingerprint density at radius 2 is 1.95 bits per heavy atom. The molecule has 3 nitrogen and oxygen atoms in total. The van der Waals surface area contributed by atoms with Crippen molar-refractivity contribution in [3.63, 3.8) is 0 Å². The van der Waals surface area contributed by atoms with Crippen LogP contribution in [0.1, 0.15) is 57.1 Å². The summed E-state index contributed by atoms with van der Waals surface area (Å²) < 4.78 is 0. The van der Waals surface area contributed by atoms with Gasteiger partial charge in [0.15, 0.2) is 0 Å². The Kier molecular flexibility index (Phi) is 5.60. The first-order valence-corrected chi connectivity index (χ1v) is 7.67. The van der Waals surface area contributed by atoms with Gasteiger partial charge < -0.3 is 10.4 Å². The van der Waals surface area contributed by atoms with Crippen LogP contribution in [-0.2, 0) is 4.79 Å². The van der Waals surface area contributed by atoms with Gasteiger partial charge in [0.05, 0.1) is 6.10 Å². The molecule has 0 aromatic heterocycles. The number of carbonyl (C=O) groups is 1. The molecule has 1 fully saturated rings. The topological polar surface area (TPSA) is 49.3 Å². The third-order valence-corrected chi connectivity index (χ3v) is 4.12. The lowest BCUT2D eigenvalue weighted by molar-refractivity contribution is -0.122. The number of hydrogen-bond acceptors (Lipinski definition) is 2. The van der Waals surface area contributed by atoms with E-state index in [1.54, 1.807) is 0 Å². The predicted molar refractivity (Wildman–Crippen MR) is 80.2 cm³/mol. The number of benzene rings is 1. The van der Waals surface area contributed by atoms with Crippen LogP contribution in [0.4, 0.5) is 0 Å². The van der Waals surface area contributed by atoms with Crippen molar-refractivity contribution in [2.75, 3.05) is 0 Å². The van der Waals surface area contributed by atoms with Crippen molar-refractivity contribution in [2.45, 2.75) is 57.6 Å². The van der Waals surface area contributed by atoms with E-state index in [1.807, 2.05) is 37.3 Å². The first kappa shape index (κ1) is 15.0. The van der Waals surface area contributed by atoms with Crippen molar-refractivity contribution >= 4 is 5.91 Å². The predicted octanol–water partition coefficient (Wildman–Crippen LogP) is 3.20. The maximum absolute atomic E-state index is 11.9. The lowest BCUT2D eigenvalue weighted by atomic mass is 10.0. The quantitative estimate of drug-likeness (QED) is 0.837. The molecule has 0 aliphatic heterocycles. The van der Waals surface area contributed by atoms with Crippen LogP contribution in [0.15, 0.2) is 30.3 Å². The number of aliphatic hydroxyl groups excluding tert-OH is 1. The van der Waals surface area contributed by atoms with Gasteiger partial charge in [0.25, 0.3) is 0 Å². The summed E-state index contributed by atoms with van der Waals surface area (Å²) in [6.07, 6.45) is 5.59. The van der Waals surface area contributed by atoms with Crippen LogP contribution < -0.4 is 5.32 Å². The highest BCUT2D eigenvalue weighted by molar-refractivity contribution is 5.76. The van der Waals surface area contributed by atoms with Crippen molar-refractivity contribution in [2.24, 2.45) is 5.92 Å². The summed E-state index contributed by atoms with van der Waals surface area (Å²) in [4.78, 5) is 11.9. The minimum atomic E-state index is -0.516. The fourth-order valence-electron chi connectivity index (χ4n) is 3.02. The first-order chi connectivity index (χ1) is 9.65. The maximum Gasteiger partial charge on any atom is 0.220 e. The molecule has 1 amide bonds. The number of amides is 1. The molecule has 2 N–H and O–H groups in total. The zero-order valence-corrected chi connectivity index (χ0v) is 12.2. The van der Waals surface area contributed by atoms with Crippen LogP contribution in [0.5, 0.6) is 0 Å². The third kappa shape index (κ3) is 4.64. The molecule has 2 unspecified atom stereocenters. The number of nitrogens with one attached hydrogen (secondary N) is 1. The zero-order chi connectivity index (χ0) is 14.4. The summed E-state index contributed by atoms with van der Waals surface area (Å²) in [5.74, 6) is 0.700. The van der Waals surface area contributed by atoms with Gasteiger partial charge in [-0.05, 0) is 37.7 Å². The maximum atomic E-state index is 11.9. The molecule has 0 radical (unpaired) electrons. The molecule has 1 aromatic rings. The Labute approximate surface area is 121 Å². The first-order valence-electron chi connectivity index (χ1n) is 7.67. The minimum Gasteiger partial charge on any atom is -0.388 e. The van der Waals surface area contributed by atoms with Gasteiger partial charge in [-0.25, -0.2) is 0 Å². The van der Waals surface area contributed by atoms with E-state index in [0.29, 0.717) is 18.8 Å². The number of carbonyl (C=O) groups excluding carboxylic acids is 1. The second-order valence-electron chi connectivity index (χ2n) is 5.99. The second kappa shape index (κ2) is 7.44. The minimum absolute atomic E-state index is 0.000825. The summed E-state index contributed by atoms with van der Waals surface area (Å²) in [5, 5.41) is 13.1. The van der Waals surface area contributed by atoms with Crippen molar-refractivity contribution in [3.8, 4) is 0 Å². The summed E-state index contributed by atoms with van der Waals surface area (Å²) in [6, 6.07) is 9.60. The Bertz CT molecular complexity index is 412. The molecule has 0 bridgehead atoms. The third-order valence-electron chi connectivity index (χ3n) is 4.12. The number of aliphatic hydroxyl groups is 1. The van der Waals surface area contributed by atoms with Gasteiger partial charge >= 0.3 is 0 Å². The average Bonchev–Trinajstić information content (AvgIpc) is 2.92. The number of hydrogen-bond donors (Lipinski definition) is 2. The molecule has 2 rings (SSSR count). The Hall–Kier alpha value is -1.35. The van der Waals surface area contributed by atoms with Gasteiger partial charge in [-0.1, -0.05) is 43.2 Å². The van der Waals surface area contributed by atoms with Crippen molar-refractivity contribution in [3.05, 3.63) is 35.9 Å². The van der Waals surface area contributed by atoms with Gasteiger partial charge in [0, 0.05) is 12.5 Å². The molecule has 1 aliphatic carbocycles. The summed E-state index contributed by atoms with van der Waals surface area (Å²) in [7, 11) is 0. The van der Waals surface area contributed by atoms with E-state index in [4.69, 9.17) is 0 Å². The monoisotopic (exact) mass is 275 g/mol. The van der Waals surface area contributed by atoms with Crippen molar-refractivity contribution in [1.82, 2.24) is 5.32 Å². The normalized spacial score (nSPS) is 18.7. The summed E-state index contributed by atoms with van der Waals surface area (Å²) in [5.41, 5.74) is 0.907. The van der Waals surface area contributed by atoms with E-state index in [1.165, 1.54) is 25.7 Å². The SMILES string of the molecule is CC(CC(O)c1ccccc1)NC(=O)CC1CCCC1. The van der Waals surface area contributed by atoms with E-state index >= 15 is 0 Å². The fraction of sp³-hybridized carbons (Fsp3) is 0.588. The lowest BCUT2D eigenvalue weighted by Gasteiger charge is -2.19. The van der Waals surface area contributed by atoms with Gasteiger partial charge in [-0.2, -0.15) is 0 Å². The zero-order valence-electron chi connectivity index (χ0n) is 12.2. The van der Waals surface area contributed by atoms with Crippen LogP contribution in [-0.4, -0.2) is 17.1 Å². The highest BCUT2D eigenvalue weighted by Crippen LogP contribution is 2.27. The van der Waals surface area contributed by atoms with E-state index in [9.17, 15) is 9.90 Å². The largest absolute Gasteiger partial charge is 0.388 e. The van der Waals surface area contributed by atoms with E-state index < -0.39 is 6.10 Å². The summed E-state index contributed by atoms with van der Waals surface area (Å²) in [6.45, 7) is 1.96. The van der Waals surface area contributed by atoms with Crippen LogP contribution in [0, 0.1) is 5.92 Å². The van der Waals surface area contributed by atoms with E-state index in [-0.39, 0.29) is 11.9 Å². The van der Waals surface area contributed by atoms with Gasteiger partial charge in [-0.3, -0.25) is 4.79 Å². The van der Waals surface area contributed by atoms with E-state index in [2.05, 4.69) is 5.32 Å². The molecule has 1 saturated carbocycles. The van der Waals surface area contributed by atoms with E-state index in [0.717, 1.165) is 5.56 Å². The molecule has 0 spiro atoms. The van der Waals surface area contributed by atoms with Crippen LogP contribution in [0.2, 0.25) is 0 Å². The molecule has 3 heteroatoms. The molecule has 0 heterocycles. The highest BCUT2D eigenvalue weighted by atomic mass is 16.3. The fourth-order valence-corrected chi connectivity index (χ4v) is 3.02. The van der Waals surface area contributed by atoms with Gasteiger partial charge in [0.1, 0.15) is 0 Å². The van der Waals surface area contributed by atoms with Crippen LogP contribution in [0.25, 0.3) is 0 Å². The Balaban J connectivity index is 1.74. The van der Waals surface area contributed by atoms with Crippen LogP contribution >= 0.6 is 0 Å². The van der Waals surface area contributed by atoms with Crippen LogP contribution in [0.3, 0.4) is 0 Å².